The molecule has 0 spiro atoms. The Morgan fingerprint density at radius 2 is 2.10 bits per heavy atom. The fourth-order valence-corrected chi connectivity index (χ4v) is 1.75. The highest BCUT2D eigenvalue weighted by molar-refractivity contribution is 5.79. The van der Waals surface area contributed by atoms with Crippen molar-refractivity contribution in [2.24, 2.45) is 0 Å². The molecule has 0 heterocycles. The van der Waals surface area contributed by atoms with Crippen LogP contribution in [0.3, 0.4) is 0 Å². The SMILES string of the molecule is CCC(Nc1cccc(COCCOC)c1)C(=O)OC. The van der Waals surface area contributed by atoms with E-state index >= 15 is 0 Å². The molecular weight excluding hydrogens is 258 g/mol. The largest absolute Gasteiger partial charge is 0.467 e. The standard InChI is InChI=1S/C15H23NO4/c1-4-14(15(17)19-3)16-13-7-5-6-12(10-13)11-20-9-8-18-2/h5-7,10,14,16H,4,8-9,11H2,1-3H3. The zero-order valence-corrected chi connectivity index (χ0v) is 12.3. The van der Waals surface area contributed by atoms with Gasteiger partial charge < -0.3 is 19.5 Å². The number of benzene rings is 1. The van der Waals surface area contributed by atoms with Crippen LogP contribution >= 0.6 is 0 Å². The summed E-state index contributed by atoms with van der Waals surface area (Å²) in [4.78, 5) is 11.6. The van der Waals surface area contributed by atoms with E-state index in [2.05, 4.69) is 5.32 Å². The maximum absolute atomic E-state index is 11.6. The second kappa shape index (κ2) is 9.34. The molecule has 5 heteroatoms. The maximum Gasteiger partial charge on any atom is 0.328 e. The number of anilines is 1. The van der Waals surface area contributed by atoms with Crippen LogP contribution in [0.1, 0.15) is 18.9 Å². The van der Waals surface area contributed by atoms with Gasteiger partial charge in [0.25, 0.3) is 0 Å². The van der Waals surface area contributed by atoms with E-state index in [0.717, 1.165) is 11.3 Å². The maximum atomic E-state index is 11.6. The van der Waals surface area contributed by atoms with Gasteiger partial charge in [-0.05, 0) is 24.1 Å². The lowest BCUT2D eigenvalue weighted by molar-refractivity contribution is -0.141. The summed E-state index contributed by atoms with van der Waals surface area (Å²) in [6.07, 6.45) is 0.668. The Balaban J connectivity index is 2.56. The van der Waals surface area contributed by atoms with Crippen molar-refractivity contribution in [3.8, 4) is 0 Å². The van der Waals surface area contributed by atoms with Crippen molar-refractivity contribution in [3.05, 3.63) is 29.8 Å². The van der Waals surface area contributed by atoms with Gasteiger partial charge in [0, 0.05) is 12.8 Å². The molecule has 0 radical (unpaired) electrons. The third-order valence-electron chi connectivity index (χ3n) is 2.86. The van der Waals surface area contributed by atoms with Crippen LogP contribution in [0.15, 0.2) is 24.3 Å². The molecule has 0 aliphatic heterocycles. The Kier molecular flexibility index (Phi) is 7.69. The minimum absolute atomic E-state index is 0.255. The second-order valence-corrected chi connectivity index (χ2v) is 4.37. The van der Waals surface area contributed by atoms with Gasteiger partial charge in [0.15, 0.2) is 0 Å². The normalized spacial score (nSPS) is 11.9. The molecule has 0 aromatic heterocycles. The summed E-state index contributed by atoms with van der Waals surface area (Å²) in [5, 5.41) is 3.17. The second-order valence-electron chi connectivity index (χ2n) is 4.37. The van der Waals surface area contributed by atoms with Gasteiger partial charge in [0.1, 0.15) is 6.04 Å². The molecule has 112 valence electrons. The lowest BCUT2D eigenvalue weighted by Crippen LogP contribution is -2.29. The Bertz CT molecular complexity index is 409. The molecule has 5 nitrogen and oxygen atoms in total. The summed E-state index contributed by atoms with van der Waals surface area (Å²) < 4.78 is 15.1. The highest BCUT2D eigenvalue weighted by atomic mass is 16.5. The van der Waals surface area contributed by atoms with E-state index in [1.807, 2.05) is 31.2 Å². The van der Waals surface area contributed by atoms with E-state index in [1.165, 1.54) is 7.11 Å². The predicted molar refractivity (Wildman–Crippen MR) is 77.7 cm³/mol. The number of carbonyl (C=O) groups excluding carboxylic acids is 1. The Morgan fingerprint density at radius 3 is 2.75 bits per heavy atom. The quantitative estimate of drug-likeness (QED) is 0.555. The molecule has 1 atom stereocenters. The average molecular weight is 281 g/mol. The molecule has 20 heavy (non-hydrogen) atoms. The first-order valence-corrected chi connectivity index (χ1v) is 6.71. The predicted octanol–water partition coefficient (Wildman–Crippen LogP) is 2.21. The van der Waals surface area contributed by atoms with E-state index in [1.54, 1.807) is 7.11 Å². The van der Waals surface area contributed by atoms with Crippen molar-refractivity contribution in [2.45, 2.75) is 26.0 Å². The third-order valence-corrected chi connectivity index (χ3v) is 2.86. The van der Waals surface area contributed by atoms with Gasteiger partial charge in [0.2, 0.25) is 0 Å². The number of carbonyl (C=O) groups is 1. The number of hydrogen-bond acceptors (Lipinski definition) is 5. The molecule has 0 aliphatic rings. The first kappa shape index (κ1) is 16.5. The van der Waals surface area contributed by atoms with Crippen molar-refractivity contribution in [3.63, 3.8) is 0 Å². The minimum atomic E-state index is -0.329. The van der Waals surface area contributed by atoms with Gasteiger partial charge in [-0.1, -0.05) is 19.1 Å². The van der Waals surface area contributed by atoms with Gasteiger partial charge in [0.05, 0.1) is 26.9 Å². The summed E-state index contributed by atoms with van der Waals surface area (Å²) in [5.74, 6) is -0.255. The van der Waals surface area contributed by atoms with Crippen LogP contribution in [0.25, 0.3) is 0 Å². The van der Waals surface area contributed by atoms with Crippen LogP contribution in [0, 0.1) is 0 Å². The zero-order valence-electron chi connectivity index (χ0n) is 12.3. The van der Waals surface area contributed by atoms with Gasteiger partial charge in [-0.25, -0.2) is 4.79 Å². The van der Waals surface area contributed by atoms with E-state index in [0.29, 0.717) is 26.2 Å². The van der Waals surface area contributed by atoms with Gasteiger partial charge in [-0.3, -0.25) is 0 Å². The Morgan fingerprint density at radius 1 is 1.30 bits per heavy atom. The zero-order chi connectivity index (χ0) is 14.8. The summed E-state index contributed by atoms with van der Waals surface area (Å²) in [7, 11) is 3.04. The molecule has 1 aromatic rings. The first-order chi connectivity index (χ1) is 9.71. The molecular formula is C15H23NO4. The van der Waals surface area contributed by atoms with Gasteiger partial charge >= 0.3 is 5.97 Å². The van der Waals surface area contributed by atoms with Crippen LogP contribution in [0.2, 0.25) is 0 Å². The minimum Gasteiger partial charge on any atom is -0.467 e. The molecule has 0 bridgehead atoms. The number of hydrogen-bond donors (Lipinski definition) is 1. The summed E-state index contributed by atoms with van der Waals surface area (Å²) in [5.41, 5.74) is 1.93. The molecule has 1 rings (SSSR count). The molecule has 0 amide bonds. The Hall–Kier alpha value is -1.59. The number of ether oxygens (including phenoxy) is 3. The smallest absolute Gasteiger partial charge is 0.328 e. The fourth-order valence-electron chi connectivity index (χ4n) is 1.75. The van der Waals surface area contributed by atoms with Crippen molar-refractivity contribution < 1.29 is 19.0 Å². The molecule has 0 fully saturated rings. The van der Waals surface area contributed by atoms with Gasteiger partial charge in [-0.2, -0.15) is 0 Å². The molecule has 0 saturated carbocycles. The van der Waals surface area contributed by atoms with E-state index in [9.17, 15) is 4.79 Å². The average Bonchev–Trinajstić information content (AvgIpc) is 2.49. The third kappa shape index (κ3) is 5.59. The van der Waals surface area contributed by atoms with Crippen LogP contribution in [0.4, 0.5) is 5.69 Å². The molecule has 1 N–H and O–H groups in total. The monoisotopic (exact) mass is 281 g/mol. The Labute approximate surface area is 120 Å². The summed E-state index contributed by atoms with van der Waals surface area (Å²) >= 11 is 0. The molecule has 0 saturated heterocycles. The van der Waals surface area contributed by atoms with E-state index in [-0.39, 0.29) is 12.0 Å². The number of methoxy groups -OCH3 is 2. The summed E-state index contributed by atoms with van der Waals surface area (Å²) in [6, 6.07) is 7.48. The number of esters is 1. The van der Waals surface area contributed by atoms with Crippen molar-refractivity contribution >= 4 is 11.7 Å². The molecule has 1 unspecified atom stereocenters. The molecule has 1 aromatic carbocycles. The lowest BCUT2D eigenvalue weighted by Gasteiger charge is -2.16. The molecule has 0 aliphatic carbocycles. The number of nitrogens with one attached hydrogen (secondary N) is 1. The highest BCUT2D eigenvalue weighted by Gasteiger charge is 2.16. The van der Waals surface area contributed by atoms with E-state index < -0.39 is 0 Å². The lowest BCUT2D eigenvalue weighted by atomic mass is 10.1. The highest BCUT2D eigenvalue weighted by Crippen LogP contribution is 2.14. The van der Waals surface area contributed by atoms with Crippen LogP contribution < -0.4 is 5.32 Å². The van der Waals surface area contributed by atoms with Gasteiger partial charge in [-0.15, -0.1) is 0 Å². The topological polar surface area (TPSA) is 56.8 Å². The van der Waals surface area contributed by atoms with Crippen molar-refractivity contribution in [1.82, 2.24) is 0 Å². The fraction of sp³-hybridized carbons (Fsp3) is 0.533. The van der Waals surface area contributed by atoms with Crippen LogP contribution in [-0.4, -0.2) is 39.4 Å². The van der Waals surface area contributed by atoms with Crippen molar-refractivity contribution in [2.75, 3.05) is 32.8 Å². The summed E-state index contributed by atoms with van der Waals surface area (Å²) in [6.45, 7) is 3.60. The van der Waals surface area contributed by atoms with Crippen LogP contribution in [-0.2, 0) is 25.6 Å². The van der Waals surface area contributed by atoms with E-state index in [4.69, 9.17) is 14.2 Å². The van der Waals surface area contributed by atoms with Crippen molar-refractivity contribution in [1.29, 1.82) is 0 Å². The number of rotatable bonds is 9. The first-order valence-electron chi connectivity index (χ1n) is 6.71. The van der Waals surface area contributed by atoms with Crippen LogP contribution in [0.5, 0.6) is 0 Å².